The largest absolute Gasteiger partial charge is 0.461 e. The van der Waals surface area contributed by atoms with Crippen molar-refractivity contribution in [3.63, 3.8) is 0 Å². The maximum Gasteiger partial charge on any atom is 0.223 e. The molecule has 1 aromatic carbocycles. The van der Waals surface area contributed by atoms with Gasteiger partial charge < -0.3 is 9.32 Å². The van der Waals surface area contributed by atoms with Gasteiger partial charge in [-0.15, -0.1) is 11.3 Å². The van der Waals surface area contributed by atoms with Crippen LogP contribution in [0, 0.1) is 0 Å². The smallest absolute Gasteiger partial charge is 0.223 e. The van der Waals surface area contributed by atoms with Gasteiger partial charge in [0.15, 0.2) is 0 Å². The zero-order valence-electron chi connectivity index (χ0n) is 15.6. The highest BCUT2D eigenvalue weighted by molar-refractivity contribution is 7.16. The molecule has 0 unspecified atom stereocenters. The molecule has 0 bridgehead atoms. The first-order valence-corrected chi connectivity index (χ1v) is 10.8. The Hall–Kier alpha value is -2.08. The number of aryl methyl sites for hydroxylation is 1. The highest BCUT2D eigenvalue weighted by Crippen LogP contribution is 2.24. The second kappa shape index (κ2) is 8.95. The van der Waals surface area contributed by atoms with Crippen LogP contribution in [0.25, 0.3) is 11.3 Å². The lowest BCUT2D eigenvalue weighted by Crippen LogP contribution is -2.48. The van der Waals surface area contributed by atoms with Crippen molar-refractivity contribution in [1.82, 2.24) is 9.80 Å². The number of furan rings is 1. The van der Waals surface area contributed by atoms with E-state index in [-0.39, 0.29) is 5.91 Å². The molecule has 146 valence electrons. The van der Waals surface area contributed by atoms with E-state index in [2.05, 4.69) is 11.0 Å². The summed E-state index contributed by atoms with van der Waals surface area (Å²) in [4.78, 5) is 18.2. The maximum absolute atomic E-state index is 12.6. The van der Waals surface area contributed by atoms with Crippen molar-refractivity contribution in [2.24, 2.45) is 0 Å². The molecule has 4 rings (SSSR count). The number of halogens is 1. The molecule has 1 fully saturated rings. The summed E-state index contributed by atoms with van der Waals surface area (Å²) in [7, 11) is 0. The fourth-order valence-corrected chi connectivity index (χ4v) is 4.60. The van der Waals surface area contributed by atoms with E-state index in [0.29, 0.717) is 12.8 Å². The van der Waals surface area contributed by atoms with Crippen LogP contribution in [0.3, 0.4) is 0 Å². The Morgan fingerprint density at radius 3 is 2.50 bits per heavy atom. The minimum Gasteiger partial charge on any atom is -0.461 e. The van der Waals surface area contributed by atoms with Gasteiger partial charge in [-0.3, -0.25) is 9.69 Å². The van der Waals surface area contributed by atoms with Crippen LogP contribution in [0.15, 0.2) is 59.0 Å². The van der Waals surface area contributed by atoms with Crippen LogP contribution in [0.5, 0.6) is 0 Å². The Bertz CT molecular complexity index is 914. The van der Waals surface area contributed by atoms with Gasteiger partial charge in [0, 0.05) is 56.0 Å². The van der Waals surface area contributed by atoms with Crippen LogP contribution in [0.1, 0.15) is 17.1 Å². The number of thiophene rings is 1. The fraction of sp³-hybridized carbons (Fsp3) is 0.318. The molecule has 3 heterocycles. The quantitative estimate of drug-likeness (QED) is 0.573. The number of amides is 1. The first-order chi connectivity index (χ1) is 13.7. The van der Waals surface area contributed by atoms with Gasteiger partial charge in [0.05, 0.1) is 4.34 Å². The highest BCUT2D eigenvalue weighted by atomic mass is 35.5. The van der Waals surface area contributed by atoms with E-state index in [1.165, 1.54) is 4.88 Å². The van der Waals surface area contributed by atoms with E-state index in [9.17, 15) is 4.79 Å². The molecule has 0 aliphatic carbocycles. The molecule has 28 heavy (non-hydrogen) atoms. The predicted octanol–water partition coefficient (Wildman–Crippen LogP) is 4.94. The van der Waals surface area contributed by atoms with E-state index < -0.39 is 0 Å². The van der Waals surface area contributed by atoms with Crippen molar-refractivity contribution in [2.45, 2.75) is 19.4 Å². The molecule has 0 spiro atoms. The average molecular weight is 415 g/mol. The third-order valence-corrected chi connectivity index (χ3v) is 6.25. The summed E-state index contributed by atoms with van der Waals surface area (Å²) in [6, 6.07) is 18.0. The van der Waals surface area contributed by atoms with Crippen LogP contribution < -0.4 is 0 Å². The van der Waals surface area contributed by atoms with E-state index in [0.717, 1.165) is 54.1 Å². The van der Waals surface area contributed by atoms with Gasteiger partial charge in [-0.2, -0.15) is 0 Å². The lowest BCUT2D eigenvalue weighted by molar-refractivity contribution is -0.133. The van der Waals surface area contributed by atoms with Crippen molar-refractivity contribution in [3.8, 4) is 11.3 Å². The van der Waals surface area contributed by atoms with Gasteiger partial charge in [-0.1, -0.05) is 41.9 Å². The second-order valence-corrected chi connectivity index (χ2v) is 8.79. The highest BCUT2D eigenvalue weighted by Gasteiger charge is 2.21. The fourth-order valence-electron chi connectivity index (χ4n) is 3.47. The maximum atomic E-state index is 12.6. The van der Waals surface area contributed by atoms with E-state index in [1.54, 1.807) is 11.3 Å². The summed E-state index contributed by atoms with van der Waals surface area (Å²) < 4.78 is 6.73. The third kappa shape index (κ3) is 4.85. The third-order valence-electron chi connectivity index (χ3n) is 5.04. The van der Waals surface area contributed by atoms with E-state index in [1.807, 2.05) is 53.4 Å². The molecule has 3 aromatic rings. The molecule has 0 saturated carbocycles. The average Bonchev–Trinajstić information content (AvgIpc) is 3.36. The number of piperazine rings is 1. The molecule has 1 amide bonds. The number of carbonyl (C=O) groups excluding carboxylic acids is 1. The van der Waals surface area contributed by atoms with Crippen LogP contribution in [-0.4, -0.2) is 41.9 Å². The first-order valence-electron chi connectivity index (χ1n) is 9.56. The monoisotopic (exact) mass is 414 g/mol. The first kappa shape index (κ1) is 19.2. The topological polar surface area (TPSA) is 36.7 Å². The van der Waals surface area contributed by atoms with Crippen molar-refractivity contribution >= 4 is 28.8 Å². The Morgan fingerprint density at radius 2 is 1.79 bits per heavy atom. The number of hydrogen-bond donors (Lipinski definition) is 0. The minimum absolute atomic E-state index is 0.205. The lowest BCUT2D eigenvalue weighted by Gasteiger charge is -2.34. The number of rotatable bonds is 6. The van der Waals surface area contributed by atoms with Crippen LogP contribution in [-0.2, 0) is 17.8 Å². The van der Waals surface area contributed by atoms with E-state index >= 15 is 0 Å². The molecule has 4 nitrogen and oxygen atoms in total. The lowest BCUT2D eigenvalue weighted by atomic mass is 10.2. The number of carbonyl (C=O) groups is 1. The summed E-state index contributed by atoms with van der Waals surface area (Å²) >= 11 is 7.63. The summed E-state index contributed by atoms with van der Waals surface area (Å²) in [5.74, 6) is 1.92. The Labute approximate surface area is 174 Å². The number of nitrogens with zero attached hydrogens (tertiary/aromatic N) is 2. The van der Waals surface area contributed by atoms with Gasteiger partial charge in [0.2, 0.25) is 5.91 Å². The summed E-state index contributed by atoms with van der Waals surface area (Å²) in [6.07, 6.45) is 1.13. The molecule has 0 N–H and O–H groups in total. The summed E-state index contributed by atoms with van der Waals surface area (Å²) in [6.45, 7) is 4.28. The molecule has 6 heteroatoms. The molecule has 0 atom stereocenters. The van der Waals surface area contributed by atoms with Gasteiger partial charge in [-0.25, -0.2) is 0 Å². The predicted molar refractivity (Wildman–Crippen MR) is 114 cm³/mol. The Balaban J connectivity index is 1.23. The van der Waals surface area contributed by atoms with Crippen LogP contribution in [0.4, 0.5) is 0 Å². The van der Waals surface area contributed by atoms with E-state index in [4.69, 9.17) is 16.0 Å². The zero-order chi connectivity index (χ0) is 19.3. The van der Waals surface area contributed by atoms with Crippen LogP contribution in [0.2, 0.25) is 4.34 Å². The van der Waals surface area contributed by atoms with Gasteiger partial charge in [0.1, 0.15) is 11.5 Å². The number of hydrogen-bond acceptors (Lipinski definition) is 4. The molecular formula is C22H23ClN2O2S. The normalized spacial score (nSPS) is 15.1. The Morgan fingerprint density at radius 1 is 1.00 bits per heavy atom. The molecule has 1 aliphatic heterocycles. The van der Waals surface area contributed by atoms with Crippen molar-refractivity contribution in [2.75, 3.05) is 26.2 Å². The number of benzene rings is 1. The second-order valence-electron chi connectivity index (χ2n) is 6.99. The molecule has 1 saturated heterocycles. The molecular weight excluding hydrogens is 392 g/mol. The summed E-state index contributed by atoms with van der Waals surface area (Å²) in [5.41, 5.74) is 1.06. The minimum atomic E-state index is 0.205. The summed E-state index contributed by atoms with van der Waals surface area (Å²) in [5, 5.41) is 0. The van der Waals surface area contributed by atoms with Crippen molar-refractivity contribution in [1.29, 1.82) is 0 Å². The van der Waals surface area contributed by atoms with Gasteiger partial charge in [-0.05, 0) is 24.3 Å². The molecule has 1 aliphatic rings. The van der Waals surface area contributed by atoms with Gasteiger partial charge in [0.25, 0.3) is 0 Å². The van der Waals surface area contributed by atoms with Crippen molar-refractivity contribution in [3.05, 3.63) is 69.6 Å². The SMILES string of the molecule is O=C(CCc1ccc(-c2ccccc2)o1)N1CCN(Cc2ccc(Cl)s2)CC1. The Kier molecular flexibility index (Phi) is 6.15. The molecule has 0 radical (unpaired) electrons. The standard InChI is InChI=1S/C22H23ClN2O2S/c23-21-10-8-19(28-21)16-24-12-14-25(15-13-24)22(26)11-7-18-6-9-20(27-18)17-4-2-1-3-5-17/h1-6,8-10H,7,11-16H2. The van der Waals surface area contributed by atoms with Gasteiger partial charge >= 0.3 is 0 Å². The van der Waals surface area contributed by atoms with Crippen LogP contribution >= 0.6 is 22.9 Å². The van der Waals surface area contributed by atoms with Crippen molar-refractivity contribution < 1.29 is 9.21 Å². The zero-order valence-corrected chi connectivity index (χ0v) is 17.2. The molecule has 2 aromatic heterocycles.